The molecule has 2 aromatic rings. The van der Waals surface area contributed by atoms with Gasteiger partial charge >= 0.3 is 0 Å². The number of ether oxygens (including phenoxy) is 1. The first-order chi connectivity index (χ1) is 11.2. The molecule has 7 nitrogen and oxygen atoms in total. The summed E-state index contributed by atoms with van der Waals surface area (Å²) in [6.45, 7) is 2.67. The third-order valence-electron chi connectivity index (χ3n) is 3.88. The fraction of sp³-hybridized carbons (Fsp3) is 0.500. The van der Waals surface area contributed by atoms with Crippen molar-refractivity contribution < 1.29 is 9.53 Å². The van der Waals surface area contributed by atoms with Gasteiger partial charge in [0.05, 0.1) is 6.61 Å². The van der Waals surface area contributed by atoms with E-state index in [4.69, 9.17) is 4.74 Å². The van der Waals surface area contributed by atoms with E-state index in [1.54, 1.807) is 0 Å². The third kappa shape index (κ3) is 4.06. The van der Waals surface area contributed by atoms with Crippen LogP contribution in [0.3, 0.4) is 0 Å². The highest BCUT2D eigenvalue weighted by atomic mass is 16.5. The van der Waals surface area contributed by atoms with Crippen LogP contribution in [0, 0.1) is 0 Å². The normalized spacial score (nSPS) is 14.8. The lowest BCUT2D eigenvalue weighted by Gasteiger charge is -2.10. The molecule has 1 fully saturated rings. The van der Waals surface area contributed by atoms with Gasteiger partial charge in [-0.05, 0) is 49.2 Å². The number of nitrogens with one attached hydrogen (secondary N) is 1. The van der Waals surface area contributed by atoms with Crippen LogP contribution in [0.25, 0.3) is 11.4 Å². The molecule has 23 heavy (non-hydrogen) atoms. The van der Waals surface area contributed by atoms with Gasteiger partial charge < -0.3 is 10.1 Å². The zero-order valence-corrected chi connectivity index (χ0v) is 13.2. The standard InChI is InChI=1S/C16H21N5O2/c1-2-23-14-9-7-12(8-10-14)16-18-20-21(19-16)11-15(22)17-13-5-3-4-6-13/h7-10,13H,2-6,11H2,1H3,(H,17,22). The van der Waals surface area contributed by atoms with Crippen molar-refractivity contribution >= 4 is 5.91 Å². The van der Waals surface area contributed by atoms with Crippen LogP contribution in [0.2, 0.25) is 0 Å². The fourth-order valence-corrected chi connectivity index (χ4v) is 2.76. The molecule has 0 radical (unpaired) electrons. The molecule has 0 saturated heterocycles. The number of benzene rings is 1. The van der Waals surface area contributed by atoms with Crippen LogP contribution in [-0.4, -0.2) is 38.8 Å². The van der Waals surface area contributed by atoms with Crippen LogP contribution < -0.4 is 10.1 Å². The lowest BCUT2D eigenvalue weighted by molar-refractivity contribution is -0.122. The van der Waals surface area contributed by atoms with Crippen molar-refractivity contribution in [3.8, 4) is 17.1 Å². The first-order valence-corrected chi connectivity index (χ1v) is 8.05. The molecular weight excluding hydrogens is 294 g/mol. The Bertz CT molecular complexity index is 647. The maximum atomic E-state index is 12.0. The number of carbonyl (C=O) groups excluding carboxylic acids is 1. The van der Waals surface area contributed by atoms with Gasteiger partial charge in [-0.15, -0.1) is 10.2 Å². The maximum Gasteiger partial charge on any atom is 0.243 e. The molecular formula is C16H21N5O2. The summed E-state index contributed by atoms with van der Waals surface area (Å²) in [5, 5.41) is 15.2. The van der Waals surface area contributed by atoms with Gasteiger partial charge in [0.25, 0.3) is 0 Å². The van der Waals surface area contributed by atoms with Crippen molar-refractivity contribution in [3.05, 3.63) is 24.3 Å². The Balaban J connectivity index is 1.59. The summed E-state index contributed by atoms with van der Waals surface area (Å²) >= 11 is 0. The average molecular weight is 315 g/mol. The molecule has 1 amide bonds. The summed E-state index contributed by atoms with van der Waals surface area (Å²) in [5.41, 5.74) is 0.843. The van der Waals surface area contributed by atoms with E-state index in [-0.39, 0.29) is 12.5 Å². The van der Waals surface area contributed by atoms with E-state index in [1.807, 2.05) is 31.2 Å². The van der Waals surface area contributed by atoms with E-state index in [2.05, 4.69) is 20.7 Å². The summed E-state index contributed by atoms with van der Waals surface area (Å²) < 4.78 is 5.40. The van der Waals surface area contributed by atoms with E-state index in [9.17, 15) is 4.79 Å². The minimum atomic E-state index is -0.0625. The van der Waals surface area contributed by atoms with Crippen LogP contribution in [0.5, 0.6) is 5.75 Å². The summed E-state index contributed by atoms with van der Waals surface area (Å²) in [6.07, 6.45) is 4.50. The molecule has 1 aromatic carbocycles. The van der Waals surface area contributed by atoms with E-state index in [1.165, 1.54) is 17.6 Å². The Morgan fingerprint density at radius 2 is 2.04 bits per heavy atom. The van der Waals surface area contributed by atoms with Crippen LogP contribution in [-0.2, 0) is 11.3 Å². The lowest BCUT2D eigenvalue weighted by Crippen LogP contribution is -2.35. The van der Waals surface area contributed by atoms with Crippen molar-refractivity contribution in [2.24, 2.45) is 0 Å². The average Bonchev–Trinajstić information content (AvgIpc) is 3.20. The Morgan fingerprint density at radius 3 is 2.74 bits per heavy atom. The number of nitrogens with zero attached hydrogens (tertiary/aromatic N) is 4. The smallest absolute Gasteiger partial charge is 0.243 e. The quantitative estimate of drug-likeness (QED) is 0.879. The van der Waals surface area contributed by atoms with Crippen molar-refractivity contribution in [3.63, 3.8) is 0 Å². The molecule has 0 atom stereocenters. The predicted octanol–water partition coefficient (Wildman–Crippen LogP) is 1.80. The molecule has 122 valence electrons. The summed E-state index contributed by atoms with van der Waals surface area (Å²) in [5.74, 6) is 1.24. The lowest BCUT2D eigenvalue weighted by atomic mass is 10.2. The number of hydrogen-bond acceptors (Lipinski definition) is 5. The van der Waals surface area contributed by atoms with E-state index in [0.717, 1.165) is 24.2 Å². The molecule has 1 aromatic heterocycles. The van der Waals surface area contributed by atoms with E-state index < -0.39 is 0 Å². The van der Waals surface area contributed by atoms with Crippen LogP contribution >= 0.6 is 0 Å². The number of rotatable bonds is 6. The summed E-state index contributed by atoms with van der Waals surface area (Å²) in [4.78, 5) is 13.3. The first kappa shape index (κ1) is 15.5. The largest absolute Gasteiger partial charge is 0.494 e. The molecule has 1 aliphatic rings. The van der Waals surface area contributed by atoms with Gasteiger partial charge in [0, 0.05) is 11.6 Å². The van der Waals surface area contributed by atoms with Crippen LogP contribution in [0.1, 0.15) is 32.6 Å². The van der Waals surface area contributed by atoms with Gasteiger partial charge in [0.1, 0.15) is 12.3 Å². The van der Waals surface area contributed by atoms with Crippen molar-refractivity contribution in [2.75, 3.05) is 6.61 Å². The number of hydrogen-bond donors (Lipinski definition) is 1. The molecule has 0 aliphatic heterocycles. The molecule has 1 N–H and O–H groups in total. The number of amides is 1. The monoisotopic (exact) mass is 315 g/mol. The van der Waals surface area contributed by atoms with Crippen LogP contribution in [0.4, 0.5) is 0 Å². The second kappa shape index (κ2) is 7.21. The van der Waals surface area contributed by atoms with Crippen molar-refractivity contribution in [1.29, 1.82) is 0 Å². The molecule has 7 heteroatoms. The van der Waals surface area contributed by atoms with Crippen molar-refractivity contribution in [2.45, 2.75) is 45.2 Å². The topological polar surface area (TPSA) is 81.9 Å². The van der Waals surface area contributed by atoms with Gasteiger partial charge in [-0.3, -0.25) is 4.79 Å². The summed E-state index contributed by atoms with van der Waals surface area (Å²) in [6, 6.07) is 7.80. The molecule has 0 bridgehead atoms. The SMILES string of the molecule is CCOc1ccc(-c2nnn(CC(=O)NC3CCCC3)n2)cc1. The summed E-state index contributed by atoms with van der Waals surface area (Å²) in [7, 11) is 0. The van der Waals surface area contributed by atoms with Crippen molar-refractivity contribution in [1.82, 2.24) is 25.5 Å². The Morgan fingerprint density at radius 1 is 1.30 bits per heavy atom. The second-order valence-electron chi connectivity index (χ2n) is 5.65. The van der Waals surface area contributed by atoms with Gasteiger partial charge in [-0.1, -0.05) is 12.8 Å². The van der Waals surface area contributed by atoms with Gasteiger partial charge in [0.2, 0.25) is 11.7 Å². The van der Waals surface area contributed by atoms with Crippen LogP contribution in [0.15, 0.2) is 24.3 Å². The Kier molecular flexibility index (Phi) is 4.85. The molecule has 0 unspecified atom stereocenters. The van der Waals surface area contributed by atoms with E-state index >= 15 is 0 Å². The minimum Gasteiger partial charge on any atom is -0.494 e. The highest BCUT2D eigenvalue weighted by Crippen LogP contribution is 2.19. The second-order valence-corrected chi connectivity index (χ2v) is 5.65. The maximum absolute atomic E-state index is 12.0. The number of carbonyl (C=O) groups is 1. The third-order valence-corrected chi connectivity index (χ3v) is 3.88. The molecule has 1 heterocycles. The highest BCUT2D eigenvalue weighted by Gasteiger charge is 2.18. The van der Waals surface area contributed by atoms with Gasteiger partial charge in [-0.25, -0.2) is 0 Å². The molecule has 0 spiro atoms. The molecule has 3 rings (SSSR count). The first-order valence-electron chi connectivity index (χ1n) is 8.05. The molecule has 1 aliphatic carbocycles. The zero-order valence-electron chi connectivity index (χ0n) is 13.2. The fourth-order valence-electron chi connectivity index (χ4n) is 2.76. The predicted molar refractivity (Wildman–Crippen MR) is 84.8 cm³/mol. The minimum absolute atomic E-state index is 0.0625. The number of aromatic nitrogens is 4. The number of tetrazole rings is 1. The Labute approximate surface area is 135 Å². The Hall–Kier alpha value is -2.44. The van der Waals surface area contributed by atoms with E-state index in [0.29, 0.717) is 18.5 Å². The molecule has 1 saturated carbocycles. The highest BCUT2D eigenvalue weighted by molar-refractivity contribution is 5.75. The van der Waals surface area contributed by atoms with Gasteiger partial charge in [-0.2, -0.15) is 4.80 Å². The van der Waals surface area contributed by atoms with Gasteiger partial charge in [0.15, 0.2) is 0 Å². The zero-order chi connectivity index (χ0) is 16.1.